The van der Waals surface area contributed by atoms with Crippen LogP contribution >= 0.6 is 0 Å². The number of hydrogen-bond donors (Lipinski definition) is 6. The summed E-state index contributed by atoms with van der Waals surface area (Å²) in [7, 11) is 3.03. The van der Waals surface area contributed by atoms with Crippen LogP contribution in [0.5, 0.6) is 23.0 Å². The van der Waals surface area contributed by atoms with E-state index in [4.69, 9.17) is 47.4 Å². The summed E-state index contributed by atoms with van der Waals surface area (Å²) in [5.74, 6) is 7.46. The van der Waals surface area contributed by atoms with Crippen molar-refractivity contribution < 1.29 is 86.0 Å². The van der Waals surface area contributed by atoms with Crippen molar-refractivity contribution in [3.63, 3.8) is 0 Å². The molecule has 102 heavy (non-hydrogen) atoms. The fraction of sp³-hybridized carbons (Fsp3) is 0.566. The number of benzene rings is 4. The Bertz CT molecular complexity index is 3650. The third-order valence-electron chi connectivity index (χ3n) is 20.3. The zero-order chi connectivity index (χ0) is 71.7. The van der Waals surface area contributed by atoms with Gasteiger partial charge in [0.15, 0.2) is 29.2 Å². The third kappa shape index (κ3) is 19.0. The van der Waals surface area contributed by atoms with Gasteiger partial charge in [0.05, 0.1) is 115 Å². The normalized spacial score (nSPS) is 20.8. The molecule has 3 fully saturated rings. The molecule has 26 heteroatoms. The standard InChI is InChI=1S/C76H98N8O18/c1-48(2)68(81-67(85)23-29-95-31-33-97-35-36-98-34-32-96-30-26-77-74(91)101-46-59-55-17-9-6-7-10-18-56(55)59)70(87)79-49(3)69(86)80-53-21-19-50(20-22-53)45-102-75(92)84-61-41-66(64(94-5)39-58(61)72(89)82-44-52-16-12-11-15-51(52)37-62(82)73(84)90)100-28-14-8-13-27-99-65-40-60-57(38-63(65)93-4)71(88)83-47-76(24-25-76)42-54(83)43-78-60/h11-12,15-16,19-22,38-41,48-49,54-56,59,62,68,73,78,90H,8-10,13-14,17-18,23-37,42-47H2,1-5H3,(H,77,91)(H,79,87)(H,80,86)(H,81,85)/t49-,54-,55-,56+,59?,62-,68-,73-/m0/s1. The number of aliphatic hydroxyl groups excluding tert-OH is 1. The Kier molecular flexibility index (Phi) is 25.8. The zero-order valence-electron chi connectivity index (χ0n) is 59.2. The largest absolute Gasteiger partial charge is 0.493 e. The van der Waals surface area contributed by atoms with Gasteiger partial charge in [0, 0.05) is 69.3 Å². The molecule has 3 aliphatic carbocycles. The van der Waals surface area contributed by atoms with Crippen molar-refractivity contribution >= 4 is 58.8 Å². The molecule has 26 nitrogen and oxygen atoms in total. The van der Waals surface area contributed by atoms with Crippen molar-refractivity contribution in [1.82, 2.24) is 25.8 Å². The van der Waals surface area contributed by atoms with Gasteiger partial charge in [0.2, 0.25) is 17.7 Å². The SMILES string of the molecule is COc1cc2c(cc1OCCCCCOc1cc3c(cc1OC)C(=O)N1Cc4ccccc4C[C@H]1[C@H](O)N3C(=O)OCc1ccc(NC(=O)[C@H](C)NC(=O)[C@@H](NC(=O)CCOCCOCCOCCOCCNC(=O)OCC3[C@H]4CCC#CCC[C@@H]34)C(C)C)cc1)NC[C@@H]1CC3(CC3)CN1C2=O. The van der Waals surface area contributed by atoms with Crippen LogP contribution < -0.4 is 50.4 Å². The molecule has 4 aliphatic heterocycles. The van der Waals surface area contributed by atoms with Crippen LogP contribution in [0.4, 0.5) is 26.7 Å². The van der Waals surface area contributed by atoms with Gasteiger partial charge in [-0.15, -0.1) is 11.8 Å². The predicted octanol–water partition coefficient (Wildman–Crippen LogP) is 8.00. The van der Waals surface area contributed by atoms with Gasteiger partial charge in [0.25, 0.3) is 11.8 Å². The van der Waals surface area contributed by atoms with Crippen LogP contribution in [0.1, 0.15) is 129 Å². The van der Waals surface area contributed by atoms with Crippen LogP contribution in [0, 0.1) is 40.9 Å². The number of methoxy groups -OCH3 is 2. The summed E-state index contributed by atoms with van der Waals surface area (Å²) < 4.78 is 57.6. The van der Waals surface area contributed by atoms with Gasteiger partial charge in [-0.1, -0.05) is 50.2 Å². The average Bonchev–Trinajstić information content (AvgIpc) is 1.58. The molecule has 7 aliphatic rings. The lowest BCUT2D eigenvalue weighted by Crippen LogP contribution is -2.55. The van der Waals surface area contributed by atoms with E-state index < -0.39 is 60.2 Å². The third-order valence-corrected chi connectivity index (χ3v) is 20.3. The molecule has 4 aromatic carbocycles. The predicted molar refractivity (Wildman–Crippen MR) is 376 cm³/mol. The van der Waals surface area contributed by atoms with E-state index in [1.165, 1.54) is 39.0 Å². The van der Waals surface area contributed by atoms with Crippen molar-refractivity contribution in [1.29, 1.82) is 0 Å². The van der Waals surface area contributed by atoms with Gasteiger partial charge in [0.1, 0.15) is 18.7 Å². The quantitative estimate of drug-likeness (QED) is 0.0188. The molecule has 4 heterocycles. The fourth-order valence-electron chi connectivity index (χ4n) is 14.3. The zero-order valence-corrected chi connectivity index (χ0v) is 59.2. The Morgan fingerprint density at radius 3 is 1.97 bits per heavy atom. The number of nitrogens with zero attached hydrogens (tertiary/aromatic N) is 3. The van der Waals surface area contributed by atoms with E-state index in [-0.39, 0.29) is 93.0 Å². The Balaban J connectivity index is 0.587. The molecule has 4 aromatic rings. The first kappa shape index (κ1) is 74.3. The summed E-state index contributed by atoms with van der Waals surface area (Å²) in [6, 6.07) is 18.3. The number of rotatable bonds is 35. The number of anilines is 3. The van der Waals surface area contributed by atoms with E-state index in [1.807, 2.05) is 35.2 Å². The first-order valence-electron chi connectivity index (χ1n) is 35.9. The van der Waals surface area contributed by atoms with Crippen LogP contribution in [-0.2, 0) is 62.4 Å². The first-order chi connectivity index (χ1) is 49.5. The van der Waals surface area contributed by atoms with Crippen molar-refractivity contribution in [2.75, 3.05) is 122 Å². The molecule has 1 spiro atoms. The molecule has 1 saturated heterocycles. The molecule has 0 aromatic heterocycles. The number of alkyl carbamates (subject to hydrolysis) is 1. The van der Waals surface area contributed by atoms with Crippen LogP contribution in [0.25, 0.3) is 0 Å². The van der Waals surface area contributed by atoms with Crippen LogP contribution in [0.15, 0.2) is 72.8 Å². The molecular weight excluding hydrogens is 1310 g/mol. The van der Waals surface area contributed by atoms with Gasteiger partial charge in [-0.25, -0.2) is 14.5 Å². The van der Waals surface area contributed by atoms with Crippen LogP contribution in [0.3, 0.4) is 0 Å². The highest BCUT2D eigenvalue weighted by Gasteiger charge is 2.54. The summed E-state index contributed by atoms with van der Waals surface area (Å²) >= 11 is 0. The average molecular weight is 1410 g/mol. The minimum atomic E-state index is -1.55. The number of ether oxygens (including phenoxy) is 10. The molecule has 2 saturated carbocycles. The lowest BCUT2D eigenvalue weighted by Gasteiger charge is -2.39. The molecule has 8 atom stereocenters. The molecule has 1 unspecified atom stereocenters. The monoisotopic (exact) mass is 1410 g/mol. The van der Waals surface area contributed by atoms with E-state index >= 15 is 0 Å². The highest BCUT2D eigenvalue weighted by atomic mass is 16.6. The second kappa shape index (κ2) is 35.3. The van der Waals surface area contributed by atoms with E-state index in [9.17, 15) is 38.7 Å². The Morgan fingerprint density at radius 2 is 1.31 bits per heavy atom. The van der Waals surface area contributed by atoms with E-state index in [1.54, 1.807) is 56.2 Å². The van der Waals surface area contributed by atoms with Crippen molar-refractivity contribution in [3.8, 4) is 34.8 Å². The number of amides is 7. The van der Waals surface area contributed by atoms with E-state index in [0.29, 0.717) is 130 Å². The van der Waals surface area contributed by atoms with Crippen LogP contribution in [-0.4, -0.2) is 194 Å². The highest BCUT2D eigenvalue weighted by Crippen LogP contribution is 2.56. The highest BCUT2D eigenvalue weighted by molar-refractivity contribution is 6.06. The Morgan fingerprint density at radius 1 is 0.686 bits per heavy atom. The van der Waals surface area contributed by atoms with Crippen LogP contribution in [0.2, 0.25) is 0 Å². The van der Waals surface area contributed by atoms with Gasteiger partial charge in [-0.2, -0.15) is 0 Å². The number of carbonyl (C=O) groups excluding carboxylic acids is 7. The Hall–Kier alpha value is -8.87. The topological polar surface area (TPSA) is 302 Å². The maximum Gasteiger partial charge on any atom is 0.416 e. The summed E-state index contributed by atoms with van der Waals surface area (Å²) in [5.41, 5.74) is 4.59. The minimum absolute atomic E-state index is 0.00504. The molecular formula is C76H98N8O18. The van der Waals surface area contributed by atoms with Gasteiger partial charge < -0.3 is 88.9 Å². The molecule has 11 rings (SSSR count). The van der Waals surface area contributed by atoms with E-state index in [0.717, 1.165) is 60.4 Å². The molecule has 7 amide bonds. The molecule has 6 N–H and O–H groups in total. The number of unbranched alkanes of at least 4 members (excludes halogenated alkanes) is 2. The summed E-state index contributed by atoms with van der Waals surface area (Å²) in [4.78, 5) is 99.5. The minimum Gasteiger partial charge on any atom is -0.493 e. The lowest BCUT2D eigenvalue weighted by atomic mass is 9.93. The first-order valence-corrected chi connectivity index (χ1v) is 35.9. The number of hydrogen-bond acceptors (Lipinski definition) is 19. The van der Waals surface area contributed by atoms with Gasteiger partial charge in [-0.05, 0) is 135 Å². The second-order valence-corrected chi connectivity index (χ2v) is 27.7. The maximum absolute atomic E-state index is 14.7. The molecule has 550 valence electrons. The number of carbonyl (C=O) groups is 7. The van der Waals surface area contributed by atoms with Gasteiger partial charge >= 0.3 is 12.2 Å². The molecule has 0 radical (unpaired) electrons. The van der Waals surface area contributed by atoms with Crippen molar-refractivity contribution in [2.24, 2.45) is 29.1 Å². The summed E-state index contributed by atoms with van der Waals surface area (Å²) in [6.45, 7) is 10.3. The van der Waals surface area contributed by atoms with Gasteiger partial charge in [-0.3, -0.25) is 24.0 Å². The number of aliphatic hydroxyl groups is 1. The second-order valence-electron chi connectivity index (χ2n) is 27.7. The van der Waals surface area contributed by atoms with E-state index in [2.05, 4.69) is 38.4 Å². The number of fused-ring (bicyclic) bond motifs is 6. The number of nitrogens with one attached hydrogen (secondary N) is 5. The van der Waals surface area contributed by atoms with Crippen molar-refractivity contribution in [2.45, 2.75) is 141 Å². The molecule has 0 bridgehead atoms. The maximum atomic E-state index is 14.7. The smallest absolute Gasteiger partial charge is 0.416 e. The van der Waals surface area contributed by atoms with Crippen molar-refractivity contribution in [3.05, 3.63) is 101 Å². The summed E-state index contributed by atoms with van der Waals surface area (Å²) in [6.07, 6.45) is 6.77. The lowest BCUT2D eigenvalue weighted by molar-refractivity contribution is -0.132. The Labute approximate surface area is 596 Å². The summed E-state index contributed by atoms with van der Waals surface area (Å²) in [5, 5.41) is 26.8. The fourth-order valence-corrected chi connectivity index (χ4v) is 14.3.